The molecule has 1 fully saturated rings. The lowest BCUT2D eigenvalue weighted by atomic mass is 10.0. The van der Waals surface area contributed by atoms with E-state index in [4.69, 9.17) is 4.74 Å². The molecule has 100 valence electrons. The van der Waals surface area contributed by atoms with Gasteiger partial charge in [0.2, 0.25) is 0 Å². The minimum atomic E-state index is 0.314. The molecule has 1 aliphatic rings. The average Bonchev–Trinajstić information content (AvgIpc) is 2.72. The number of rotatable bonds is 3. The van der Waals surface area contributed by atoms with Crippen LogP contribution in [0.25, 0.3) is 0 Å². The maximum absolute atomic E-state index is 9.78. The number of likely N-dealkylation sites (N-methyl/N-ethyl adjacent to an activating group) is 1. The SMILES string of the molecule is Cc1cc(CN(C)C2CCOC2C)cc(C)c1O. The zero-order valence-electron chi connectivity index (χ0n) is 11.7. The molecular weight excluding hydrogens is 226 g/mol. The first-order chi connectivity index (χ1) is 8.49. The molecule has 1 N–H and O–H groups in total. The highest BCUT2D eigenvalue weighted by Gasteiger charge is 2.27. The number of phenolic OH excluding ortho intramolecular Hbond substituents is 1. The Hall–Kier alpha value is -1.06. The van der Waals surface area contributed by atoms with Gasteiger partial charge in [0.15, 0.2) is 0 Å². The topological polar surface area (TPSA) is 32.7 Å². The Bertz CT molecular complexity index is 407. The van der Waals surface area contributed by atoms with Gasteiger partial charge in [-0.25, -0.2) is 0 Å². The van der Waals surface area contributed by atoms with E-state index >= 15 is 0 Å². The maximum atomic E-state index is 9.78. The average molecular weight is 249 g/mol. The second-order valence-electron chi connectivity index (χ2n) is 5.43. The van der Waals surface area contributed by atoms with Crippen molar-refractivity contribution in [3.05, 3.63) is 28.8 Å². The molecule has 1 heterocycles. The minimum absolute atomic E-state index is 0.314. The van der Waals surface area contributed by atoms with Crippen molar-refractivity contribution in [2.24, 2.45) is 0 Å². The monoisotopic (exact) mass is 249 g/mol. The number of ether oxygens (including phenoxy) is 1. The van der Waals surface area contributed by atoms with Crippen molar-refractivity contribution < 1.29 is 9.84 Å². The standard InChI is InChI=1S/C15H23NO2/c1-10-7-13(8-11(2)15(10)17)9-16(4)14-5-6-18-12(14)3/h7-8,12,14,17H,5-6,9H2,1-4H3. The Morgan fingerprint density at radius 2 is 1.94 bits per heavy atom. The molecule has 1 saturated heterocycles. The summed E-state index contributed by atoms with van der Waals surface area (Å²) in [4.78, 5) is 2.35. The van der Waals surface area contributed by atoms with Crippen LogP contribution < -0.4 is 0 Å². The summed E-state index contributed by atoms with van der Waals surface area (Å²) >= 11 is 0. The lowest BCUT2D eigenvalue weighted by Gasteiger charge is -2.27. The second-order valence-corrected chi connectivity index (χ2v) is 5.43. The third-order valence-electron chi connectivity index (χ3n) is 3.89. The van der Waals surface area contributed by atoms with Crippen LogP contribution >= 0.6 is 0 Å². The quantitative estimate of drug-likeness (QED) is 0.894. The summed E-state index contributed by atoms with van der Waals surface area (Å²) in [6.45, 7) is 7.81. The van der Waals surface area contributed by atoms with Gasteiger partial charge in [-0.2, -0.15) is 0 Å². The van der Waals surface area contributed by atoms with Gasteiger partial charge in [-0.1, -0.05) is 12.1 Å². The van der Waals surface area contributed by atoms with Crippen LogP contribution in [-0.4, -0.2) is 35.8 Å². The van der Waals surface area contributed by atoms with Crippen LogP contribution in [0.4, 0.5) is 0 Å². The first kappa shape index (κ1) is 13.4. The fourth-order valence-electron chi connectivity index (χ4n) is 2.84. The second kappa shape index (κ2) is 5.29. The van der Waals surface area contributed by atoms with Gasteiger partial charge in [-0.05, 0) is 50.9 Å². The predicted octanol–water partition coefficient (Wildman–Crippen LogP) is 2.62. The summed E-state index contributed by atoms with van der Waals surface area (Å²) < 4.78 is 5.61. The summed E-state index contributed by atoms with van der Waals surface area (Å²) in [7, 11) is 2.15. The molecule has 0 aromatic heterocycles. The van der Waals surface area contributed by atoms with E-state index in [-0.39, 0.29) is 0 Å². The number of hydrogen-bond acceptors (Lipinski definition) is 3. The van der Waals surface area contributed by atoms with Crippen molar-refractivity contribution >= 4 is 0 Å². The highest BCUT2D eigenvalue weighted by molar-refractivity contribution is 5.42. The number of hydrogen-bond donors (Lipinski definition) is 1. The van der Waals surface area contributed by atoms with Gasteiger partial charge >= 0.3 is 0 Å². The van der Waals surface area contributed by atoms with E-state index in [2.05, 4.69) is 31.0 Å². The van der Waals surface area contributed by atoms with Crippen LogP contribution in [0.5, 0.6) is 5.75 Å². The van der Waals surface area contributed by atoms with Gasteiger partial charge in [0.05, 0.1) is 6.10 Å². The molecule has 2 atom stereocenters. The van der Waals surface area contributed by atoms with Gasteiger partial charge in [0, 0.05) is 19.2 Å². The van der Waals surface area contributed by atoms with Crippen LogP contribution in [0, 0.1) is 13.8 Å². The molecule has 0 aliphatic carbocycles. The molecule has 18 heavy (non-hydrogen) atoms. The summed E-state index contributed by atoms with van der Waals surface area (Å²) in [6.07, 6.45) is 1.42. The Balaban J connectivity index is 2.09. The van der Waals surface area contributed by atoms with E-state index in [1.165, 1.54) is 5.56 Å². The Labute approximate surface area is 109 Å². The molecule has 2 unspecified atom stereocenters. The molecule has 0 spiro atoms. The lowest BCUT2D eigenvalue weighted by Crippen LogP contribution is -2.36. The molecule has 3 heteroatoms. The van der Waals surface area contributed by atoms with E-state index in [1.54, 1.807) is 0 Å². The summed E-state index contributed by atoms with van der Waals surface area (Å²) in [6, 6.07) is 4.64. The largest absolute Gasteiger partial charge is 0.507 e. The normalized spacial score (nSPS) is 23.8. The molecule has 0 saturated carbocycles. The highest BCUT2D eigenvalue weighted by atomic mass is 16.5. The van der Waals surface area contributed by atoms with Crippen molar-refractivity contribution in [3.63, 3.8) is 0 Å². The van der Waals surface area contributed by atoms with E-state index < -0.39 is 0 Å². The molecule has 0 bridgehead atoms. The Kier molecular flexibility index (Phi) is 3.93. The van der Waals surface area contributed by atoms with E-state index in [9.17, 15) is 5.11 Å². The van der Waals surface area contributed by atoms with E-state index in [0.29, 0.717) is 17.9 Å². The zero-order chi connectivity index (χ0) is 13.3. The molecule has 3 nitrogen and oxygen atoms in total. The van der Waals surface area contributed by atoms with Crippen molar-refractivity contribution in [1.82, 2.24) is 4.90 Å². The van der Waals surface area contributed by atoms with Gasteiger partial charge < -0.3 is 9.84 Å². The minimum Gasteiger partial charge on any atom is -0.507 e. The van der Waals surface area contributed by atoms with Crippen LogP contribution in [0.1, 0.15) is 30.0 Å². The Morgan fingerprint density at radius 1 is 1.33 bits per heavy atom. The zero-order valence-corrected chi connectivity index (χ0v) is 11.7. The van der Waals surface area contributed by atoms with Crippen molar-refractivity contribution in [3.8, 4) is 5.75 Å². The summed E-state index contributed by atoms with van der Waals surface area (Å²) in [5, 5.41) is 9.78. The molecule has 1 aliphatic heterocycles. The van der Waals surface area contributed by atoms with E-state index in [0.717, 1.165) is 30.7 Å². The molecule has 1 aromatic carbocycles. The van der Waals surface area contributed by atoms with Crippen LogP contribution in [0.2, 0.25) is 0 Å². The fourth-order valence-corrected chi connectivity index (χ4v) is 2.84. The molecule has 2 rings (SSSR count). The number of aryl methyl sites for hydroxylation is 2. The van der Waals surface area contributed by atoms with Gasteiger partial charge in [-0.15, -0.1) is 0 Å². The maximum Gasteiger partial charge on any atom is 0.121 e. The molecule has 0 radical (unpaired) electrons. The Morgan fingerprint density at radius 3 is 2.44 bits per heavy atom. The predicted molar refractivity (Wildman–Crippen MR) is 72.9 cm³/mol. The van der Waals surface area contributed by atoms with Gasteiger partial charge in [0.25, 0.3) is 0 Å². The van der Waals surface area contributed by atoms with Crippen molar-refractivity contribution in [2.75, 3.05) is 13.7 Å². The van der Waals surface area contributed by atoms with Crippen LogP contribution in [-0.2, 0) is 11.3 Å². The highest BCUT2D eigenvalue weighted by Crippen LogP contribution is 2.25. The fraction of sp³-hybridized carbons (Fsp3) is 0.600. The third kappa shape index (κ3) is 2.68. The van der Waals surface area contributed by atoms with E-state index in [1.807, 2.05) is 13.8 Å². The van der Waals surface area contributed by atoms with Gasteiger partial charge in [-0.3, -0.25) is 4.90 Å². The molecular formula is C15H23NO2. The molecule has 0 amide bonds. The lowest BCUT2D eigenvalue weighted by molar-refractivity contribution is 0.0814. The number of aromatic hydroxyl groups is 1. The number of benzene rings is 1. The number of nitrogens with zero attached hydrogens (tertiary/aromatic N) is 1. The first-order valence-electron chi connectivity index (χ1n) is 6.60. The van der Waals surface area contributed by atoms with Crippen molar-refractivity contribution in [1.29, 1.82) is 0 Å². The third-order valence-corrected chi connectivity index (χ3v) is 3.89. The van der Waals surface area contributed by atoms with Gasteiger partial charge in [0.1, 0.15) is 5.75 Å². The summed E-state index contributed by atoms with van der Waals surface area (Å²) in [5.74, 6) is 0.416. The van der Waals surface area contributed by atoms with Crippen LogP contribution in [0.3, 0.4) is 0 Å². The van der Waals surface area contributed by atoms with Crippen LogP contribution in [0.15, 0.2) is 12.1 Å². The molecule has 1 aromatic rings. The summed E-state index contributed by atoms with van der Waals surface area (Å²) in [5.41, 5.74) is 3.16. The first-order valence-corrected chi connectivity index (χ1v) is 6.60. The number of phenols is 1. The van der Waals surface area contributed by atoms with Crippen molar-refractivity contribution in [2.45, 2.75) is 45.9 Å². The smallest absolute Gasteiger partial charge is 0.121 e.